The Bertz CT molecular complexity index is 455. The van der Waals surface area contributed by atoms with Crippen molar-refractivity contribution in [2.24, 2.45) is 0 Å². The van der Waals surface area contributed by atoms with Crippen molar-refractivity contribution in [2.75, 3.05) is 52.5 Å². The number of morpholine rings is 1. The van der Waals surface area contributed by atoms with Crippen LogP contribution in [-0.2, 0) is 4.74 Å². The van der Waals surface area contributed by atoms with E-state index in [1.165, 1.54) is 0 Å². The van der Waals surface area contributed by atoms with Crippen LogP contribution >= 0.6 is 0 Å². The zero-order chi connectivity index (χ0) is 15.2. The lowest BCUT2D eigenvalue weighted by Crippen LogP contribution is -2.44. The summed E-state index contributed by atoms with van der Waals surface area (Å²) in [6.45, 7) is 10.6. The molecule has 5 heteroatoms. The molecule has 122 valence electrons. The molecule has 0 atom stereocenters. The Hall–Kier alpha value is -1.17. The molecule has 5 nitrogen and oxygen atoms in total. The number of aromatic nitrogens is 1. The van der Waals surface area contributed by atoms with E-state index in [9.17, 15) is 0 Å². The number of aryl methyl sites for hydroxylation is 1. The average molecular weight is 305 g/mol. The zero-order valence-electron chi connectivity index (χ0n) is 13.5. The third-order valence-electron chi connectivity index (χ3n) is 4.61. The van der Waals surface area contributed by atoms with Crippen LogP contribution in [0, 0.1) is 6.92 Å². The summed E-state index contributed by atoms with van der Waals surface area (Å²) < 4.78 is 11.5. The van der Waals surface area contributed by atoms with Gasteiger partial charge in [-0.2, -0.15) is 0 Å². The molecular weight excluding hydrogens is 278 g/mol. The van der Waals surface area contributed by atoms with Gasteiger partial charge in [0.25, 0.3) is 0 Å². The quantitative estimate of drug-likeness (QED) is 0.825. The summed E-state index contributed by atoms with van der Waals surface area (Å²) in [6.07, 6.45) is 4.31. The number of likely N-dealkylation sites (tertiary alicyclic amines) is 1. The van der Waals surface area contributed by atoms with Crippen molar-refractivity contribution in [2.45, 2.75) is 25.9 Å². The predicted octanol–water partition coefficient (Wildman–Crippen LogP) is 1.57. The summed E-state index contributed by atoms with van der Waals surface area (Å²) >= 11 is 0. The van der Waals surface area contributed by atoms with Crippen LogP contribution in [-0.4, -0.2) is 73.4 Å². The molecule has 0 aromatic carbocycles. The molecule has 2 aliphatic heterocycles. The highest BCUT2D eigenvalue weighted by Crippen LogP contribution is 2.19. The number of rotatable bonds is 5. The van der Waals surface area contributed by atoms with E-state index in [-0.39, 0.29) is 0 Å². The first-order valence-corrected chi connectivity index (χ1v) is 8.42. The van der Waals surface area contributed by atoms with Gasteiger partial charge in [0.2, 0.25) is 5.88 Å². The minimum atomic E-state index is 0.313. The van der Waals surface area contributed by atoms with Crippen molar-refractivity contribution in [1.82, 2.24) is 14.8 Å². The normalized spacial score (nSPS) is 21.9. The molecular formula is C17H27N3O2. The average Bonchev–Trinajstić information content (AvgIpc) is 2.57. The third kappa shape index (κ3) is 4.41. The van der Waals surface area contributed by atoms with Crippen LogP contribution in [0.15, 0.2) is 18.3 Å². The number of pyridine rings is 1. The van der Waals surface area contributed by atoms with Gasteiger partial charge in [-0.05, 0) is 25.8 Å². The Morgan fingerprint density at radius 2 is 1.82 bits per heavy atom. The molecule has 3 rings (SSSR count). The summed E-state index contributed by atoms with van der Waals surface area (Å²) in [6, 6.07) is 4.01. The van der Waals surface area contributed by atoms with Gasteiger partial charge in [0.1, 0.15) is 6.10 Å². The van der Waals surface area contributed by atoms with E-state index in [0.717, 1.165) is 76.8 Å². The highest BCUT2D eigenvalue weighted by molar-refractivity contribution is 5.23. The second-order valence-corrected chi connectivity index (χ2v) is 6.24. The first-order chi connectivity index (χ1) is 10.8. The van der Waals surface area contributed by atoms with Gasteiger partial charge in [-0.1, -0.05) is 6.07 Å². The molecule has 0 bridgehead atoms. The molecule has 2 aliphatic rings. The highest BCUT2D eigenvalue weighted by Gasteiger charge is 2.22. The minimum Gasteiger partial charge on any atom is -0.474 e. The number of piperidine rings is 1. The van der Waals surface area contributed by atoms with Crippen LogP contribution in [0.4, 0.5) is 0 Å². The fourth-order valence-electron chi connectivity index (χ4n) is 3.11. The molecule has 0 spiro atoms. The van der Waals surface area contributed by atoms with Gasteiger partial charge in [-0.25, -0.2) is 4.98 Å². The lowest BCUT2D eigenvalue weighted by Gasteiger charge is -2.34. The summed E-state index contributed by atoms with van der Waals surface area (Å²) in [7, 11) is 0. The molecule has 22 heavy (non-hydrogen) atoms. The number of nitrogens with zero attached hydrogens (tertiary/aromatic N) is 3. The minimum absolute atomic E-state index is 0.313. The van der Waals surface area contributed by atoms with Crippen molar-refractivity contribution in [3.63, 3.8) is 0 Å². The third-order valence-corrected chi connectivity index (χ3v) is 4.61. The fourth-order valence-corrected chi connectivity index (χ4v) is 3.11. The molecule has 0 amide bonds. The first-order valence-electron chi connectivity index (χ1n) is 8.42. The summed E-state index contributed by atoms with van der Waals surface area (Å²) in [5, 5.41) is 0. The van der Waals surface area contributed by atoms with Gasteiger partial charge in [0.15, 0.2) is 0 Å². The predicted molar refractivity (Wildman–Crippen MR) is 86.3 cm³/mol. The highest BCUT2D eigenvalue weighted by atomic mass is 16.5. The Kier molecular flexibility index (Phi) is 5.64. The van der Waals surface area contributed by atoms with E-state index >= 15 is 0 Å². The maximum Gasteiger partial charge on any atom is 0.216 e. The summed E-state index contributed by atoms with van der Waals surface area (Å²) in [5.41, 5.74) is 1.12. The molecule has 0 N–H and O–H groups in total. The van der Waals surface area contributed by atoms with E-state index in [1.807, 2.05) is 6.07 Å². The Balaban J connectivity index is 1.38. The second-order valence-electron chi connectivity index (χ2n) is 6.24. The van der Waals surface area contributed by atoms with Gasteiger partial charge in [-0.15, -0.1) is 0 Å². The number of hydrogen-bond acceptors (Lipinski definition) is 5. The second kappa shape index (κ2) is 7.90. The smallest absolute Gasteiger partial charge is 0.216 e. The van der Waals surface area contributed by atoms with Crippen molar-refractivity contribution < 1.29 is 9.47 Å². The van der Waals surface area contributed by atoms with E-state index in [2.05, 4.69) is 27.8 Å². The van der Waals surface area contributed by atoms with Gasteiger partial charge in [-0.3, -0.25) is 4.90 Å². The lowest BCUT2D eigenvalue weighted by atomic mass is 10.1. The molecule has 0 saturated carbocycles. The molecule has 2 fully saturated rings. The van der Waals surface area contributed by atoms with Crippen LogP contribution in [0.2, 0.25) is 0 Å². The van der Waals surface area contributed by atoms with E-state index in [0.29, 0.717) is 6.10 Å². The summed E-state index contributed by atoms with van der Waals surface area (Å²) in [5.74, 6) is 0.800. The molecule has 0 radical (unpaired) electrons. The van der Waals surface area contributed by atoms with Crippen molar-refractivity contribution in [3.8, 4) is 5.88 Å². The SMILES string of the molecule is Cc1cccnc1OC1CCN(CCN2CCOCC2)CC1. The van der Waals surface area contributed by atoms with Crippen LogP contribution in [0.5, 0.6) is 5.88 Å². The lowest BCUT2D eigenvalue weighted by molar-refractivity contribution is 0.0287. The largest absolute Gasteiger partial charge is 0.474 e. The van der Waals surface area contributed by atoms with E-state index in [1.54, 1.807) is 6.20 Å². The van der Waals surface area contributed by atoms with Crippen molar-refractivity contribution in [1.29, 1.82) is 0 Å². The van der Waals surface area contributed by atoms with Gasteiger partial charge in [0.05, 0.1) is 13.2 Å². The van der Waals surface area contributed by atoms with Crippen LogP contribution in [0.25, 0.3) is 0 Å². The molecule has 3 heterocycles. The molecule has 2 saturated heterocycles. The molecule has 1 aromatic rings. The van der Waals surface area contributed by atoms with Gasteiger partial charge < -0.3 is 14.4 Å². The Morgan fingerprint density at radius 3 is 2.50 bits per heavy atom. The first kappa shape index (κ1) is 15.7. The Morgan fingerprint density at radius 1 is 1.14 bits per heavy atom. The monoisotopic (exact) mass is 305 g/mol. The van der Waals surface area contributed by atoms with Crippen molar-refractivity contribution in [3.05, 3.63) is 23.9 Å². The summed E-state index contributed by atoms with van der Waals surface area (Å²) in [4.78, 5) is 9.39. The Labute approximate surface area is 133 Å². The molecule has 0 aliphatic carbocycles. The number of hydrogen-bond donors (Lipinski definition) is 0. The number of ether oxygens (including phenoxy) is 2. The topological polar surface area (TPSA) is 37.8 Å². The van der Waals surface area contributed by atoms with Gasteiger partial charge >= 0.3 is 0 Å². The molecule has 0 unspecified atom stereocenters. The maximum atomic E-state index is 6.06. The van der Waals surface area contributed by atoms with Crippen molar-refractivity contribution >= 4 is 0 Å². The van der Waals surface area contributed by atoms with Crippen LogP contribution in [0.1, 0.15) is 18.4 Å². The fraction of sp³-hybridized carbons (Fsp3) is 0.706. The van der Waals surface area contributed by atoms with Gasteiger partial charge in [0, 0.05) is 51.0 Å². The zero-order valence-corrected chi connectivity index (χ0v) is 13.5. The standard InChI is InChI=1S/C17H27N3O2/c1-15-3-2-6-18-17(15)22-16-4-7-19(8-5-16)9-10-20-11-13-21-14-12-20/h2-3,6,16H,4-5,7-14H2,1H3. The maximum absolute atomic E-state index is 6.06. The van der Waals surface area contributed by atoms with E-state index in [4.69, 9.17) is 9.47 Å². The molecule has 1 aromatic heterocycles. The van der Waals surface area contributed by atoms with E-state index < -0.39 is 0 Å². The van der Waals surface area contributed by atoms with Crippen LogP contribution < -0.4 is 4.74 Å². The van der Waals surface area contributed by atoms with Crippen LogP contribution in [0.3, 0.4) is 0 Å².